The van der Waals surface area contributed by atoms with Crippen molar-refractivity contribution in [2.75, 3.05) is 36.4 Å². The molecule has 0 saturated carbocycles. The minimum Gasteiger partial charge on any atom is -0.320 e. The van der Waals surface area contributed by atoms with Crippen molar-refractivity contribution in [1.29, 1.82) is 0 Å². The monoisotopic (exact) mass is 388 g/mol. The highest BCUT2D eigenvalue weighted by Crippen LogP contribution is 2.27. The normalized spacial score (nSPS) is 15.7. The number of hydrogen-bond donors (Lipinski definition) is 2. The van der Waals surface area contributed by atoms with E-state index < -0.39 is 0 Å². The molecule has 1 saturated heterocycles. The molecule has 0 unspecified atom stereocenters. The number of H-pyrrole nitrogens is 1. The van der Waals surface area contributed by atoms with Crippen LogP contribution in [0, 0.1) is 0 Å². The Labute approximate surface area is 172 Å². The summed E-state index contributed by atoms with van der Waals surface area (Å²) in [4.78, 5) is 20.0. The molecule has 29 heavy (non-hydrogen) atoms. The predicted molar refractivity (Wildman–Crippen MR) is 116 cm³/mol. The maximum Gasteiger partial charge on any atom is 0.282 e. The highest BCUT2D eigenvalue weighted by atomic mass is 16.2. The van der Waals surface area contributed by atoms with Gasteiger partial charge in [0.15, 0.2) is 6.04 Å². The van der Waals surface area contributed by atoms with E-state index in [0.717, 1.165) is 48.8 Å². The van der Waals surface area contributed by atoms with Crippen molar-refractivity contribution in [3.05, 3.63) is 79.0 Å². The molecular formula is C24H28N4O+2. The molecule has 5 heteroatoms. The van der Waals surface area contributed by atoms with Gasteiger partial charge in [-0.25, -0.2) is 4.98 Å². The van der Waals surface area contributed by atoms with Crippen LogP contribution in [0.2, 0.25) is 0 Å². The summed E-state index contributed by atoms with van der Waals surface area (Å²) in [6, 6.07) is 24.2. The van der Waals surface area contributed by atoms with Crippen molar-refractivity contribution in [2.45, 2.75) is 13.0 Å². The van der Waals surface area contributed by atoms with E-state index in [9.17, 15) is 4.79 Å². The van der Waals surface area contributed by atoms with Gasteiger partial charge in [-0.3, -0.25) is 9.69 Å². The average Bonchev–Trinajstić information content (AvgIpc) is 2.80. The van der Waals surface area contributed by atoms with Gasteiger partial charge < -0.3 is 10.2 Å². The predicted octanol–water partition coefficient (Wildman–Crippen LogP) is 1.90. The molecule has 1 aromatic heterocycles. The zero-order valence-electron chi connectivity index (χ0n) is 16.8. The van der Waals surface area contributed by atoms with Crippen LogP contribution in [-0.4, -0.2) is 38.1 Å². The lowest BCUT2D eigenvalue weighted by Gasteiger charge is -2.31. The summed E-state index contributed by atoms with van der Waals surface area (Å²) in [5.41, 5.74) is 3.02. The number of amides is 1. The first-order valence-corrected chi connectivity index (χ1v) is 10.2. The van der Waals surface area contributed by atoms with E-state index in [1.807, 2.05) is 61.7 Å². The van der Waals surface area contributed by atoms with Gasteiger partial charge in [-0.15, -0.1) is 0 Å². The Morgan fingerprint density at radius 1 is 0.966 bits per heavy atom. The van der Waals surface area contributed by atoms with Gasteiger partial charge in [-0.2, -0.15) is 0 Å². The first kappa shape index (κ1) is 19.2. The third-order valence-corrected chi connectivity index (χ3v) is 5.71. The maximum atomic E-state index is 13.0. The standard InChI is InChI=1S/C24H26N4O/c1-19(27-15-17-28(18-16-27)23-13-7-8-14-25-23)24(29)26-22-12-6-5-11-21(22)20-9-3-2-4-10-20/h2-14,19H,15-18H2,1H3,(H,26,29)/p+2/t19-/m0/s1. The third-order valence-electron chi connectivity index (χ3n) is 5.71. The average molecular weight is 389 g/mol. The lowest BCUT2D eigenvalue weighted by Crippen LogP contribution is -3.19. The Balaban J connectivity index is 1.40. The fourth-order valence-corrected chi connectivity index (χ4v) is 3.94. The summed E-state index contributed by atoms with van der Waals surface area (Å²) in [5, 5.41) is 3.17. The van der Waals surface area contributed by atoms with E-state index in [0.29, 0.717) is 0 Å². The van der Waals surface area contributed by atoms with Crippen LogP contribution in [0.1, 0.15) is 6.92 Å². The highest BCUT2D eigenvalue weighted by molar-refractivity contribution is 5.97. The van der Waals surface area contributed by atoms with Crippen LogP contribution in [0.25, 0.3) is 11.1 Å². The SMILES string of the molecule is C[C@@H](C(=O)Nc1ccccc1-c1ccccc1)[NH+]1CCN(c2cccc[nH+]2)CC1. The van der Waals surface area contributed by atoms with Crippen LogP contribution in [0.15, 0.2) is 79.0 Å². The molecule has 0 aliphatic carbocycles. The van der Waals surface area contributed by atoms with E-state index >= 15 is 0 Å². The summed E-state index contributed by atoms with van der Waals surface area (Å²) in [7, 11) is 0. The van der Waals surface area contributed by atoms with E-state index in [4.69, 9.17) is 0 Å². The fourth-order valence-electron chi connectivity index (χ4n) is 3.94. The van der Waals surface area contributed by atoms with Gasteiger partial charge in [0.25, 0.3) is 11.7 Å². The number of rotatable bonds is 5. The number of carbonyl (C=O) groups excluding carboxylic acids is 1. The number of para-hydroxylation sites is 1. The van der Waals surface area contributed by atoms with Crippen molar-refractivity contribution in [1.82, 2.24) is 0 Å². The zero-order valence-corrected chi connectivity index (χ0v) is 16.8. The number of anilines is 2. The number of quaternary nitrogens is 1. The van der Waals surface area contributed by atoms with Crippen LogP contribution in [0.3, 0.4) is 0 Å². The molecule has 1 aliphatic heterocycles. The number of pyridine rings is 1. The van der Waals surface area contributed by atoms with E-state index in [-0.39, 0.29) is 11.9 Å². The van der Waals surface area contributed by atoms with Crippen molar-refractivity contribution in [2.24, 2.45) is 0 Å². The summed E-state index contributed by atoms with van der Waals surface area (Å²) < 4.78 is 0. The largest absolute Gasteiger partial charge is 0.320 e. The minimum absolute atomic E-state index is 0.0723. The molecule has 1 atom stereocenters. The van der Waals surface area contributed by atoms with Crippen molar-refractivity contribution >= 4 is 17.4 Å². The lowest BCUT2D eigenvalue weighted by molar-refractivity contribution is -0.914. The number of nitrogens with one attached hydrogen (secondary N) is 3. The number of benzene rings is 2. The number of aromatic amines is 1. The molecule has 1 fully saturated rings. The zero-order chi connectivity index (χ0) is 20.1. The molecule has 2 heterocycles. The topological polar surface area (TPSA) is 50.9 Å². The summed E-state index contributed by atoms with van der Waals surface area (Å²) in [5.74, 6) is 1.21. The number of nitrogens with zero attached hydrogens (tertiary/aromatic N) is 1. The molecule has 1 aliphatic rings. The molecule has 0 spiro atoms. The van der Waals surface area contributed by atoms with Crippen LogP contribution in [0.4, 0.5) is 11.5 Å². The fraction of sp³-hybridized carbons (Fsp3) is 0.250. The Kier molecular flexibility index (Phi) is 5.86. The molecule has 4 rings (SSSR count). The molecule has 1 amide bonds. The molecule has 3 aromatic rings. The van der Waals surface area contributed by atoms with Gasteiger partial charge in [0.2, 0.25) is 0 Å². The second-order valence-corrected chi connectivity index (χ2v) is 7.52. The third kappa shape index (κ3) is 4.46. The van der Waals surface area contributed by atoms with Crippen LogP contribution < -0.4 is 20.1 Å². The van der Waals surface area contributed by atoms with Crippen LogP contribution >= 0.6 is 0 Å². The van der Waals surface area contributed by atoms with E-state index in [1.54, 1.807) is 0 Å². The molecule has 5 nitrogen and oxygen atoms in total. The molecule has 0 bridgehead atoms. The summed E-state index contributed by atoms with van der Waals surface area (Å²) in [6.45, 7) is 5.79. The van der Waals surface area contributed by atoms with E-state index in [1.165, 1.54) is 4.90 Å². The maximum absolute atomic E-state index is 13.0. The van der Waals surface area contributed by atoms with Crippen LogP contribution in [-0.2, 0) is 4.79 Å². The second-order valence-electron chi connectivity index (χ2n) is 7.52. The van der Waals surface area contributed by atoms with Crippen molar-refractivity contribution in [3.63, 3.8) is 0 Å². The molecule has 3 N–H and O–H groups in total. The smallest absolute Gasteiger partial charge is 0.282 e. The van der Waals surface area contributed by atoms with Gasteiger partial charge in [-0.05, 0) is 24.6 Å². The molecular weight excluding hydrogens is 360 g/mol. The molecule has 2 aromatic carbocycles. The lowest BCUT2D eigenvalue weighted by atomic mass is 10.0. The Hall–Kier alpha value is -3.18. The molecule has 0 radical (unpaired) electrons. The summed E-state index contributed by atoms with van der Waals surface area (Å²) >= 11 is 0. The van der Waals surface area contributed by atoms with Gasteiger partial charge in [0.05, 0.1) is 6.20 Å². The first-order valence-electron chi connectivity index (χ1n) is 10.2. The first-order chi connectivity index (χ1) is 14.2. The number of carbonyl (C=O) groups is 1. The van der Waals surface area contributed by atoms with Gasteiger partial charge >= 0.3 is 0 Å². The van der Waals surface area contributed by atoms with E-state index in [2.05, 4.69) is 39.5 Å². The van der Waals surface area contributed by atoms with Crippen LogP contribution in [0.5, 0.6) is 0 Å². The Morgan fingerprint density at radius 3 is 2.38 bits per heavy atom. The highest BCUT2D eigenvalue weighted by Gasteiger charge is 2.32. The number of hydrogen-bond acceptors (Lipinski definition) is 2. The quantitative estimate of drug-likeness (QED) is 0.701. The number of aromatic nitrogens is 1. The minimum atomic E-state index is -0.0965. The van der Waals surface area contributed by atoms with Crippen molar-refractivity contribution in [3.8, 4) is 11.1 Å². The summed E-state index contributed by atoms with van der Waals surface area (Å²) in [6.07, 6.45) is 1.95. The Bertz CT molecular complexity index is 937. The number of piperazine rings is 1. The van der Waals surface area contributed by atoms with Crippen molar-refractivity contribution < 1.29 is 14.7 Å². The Morgan fingerprint density at radius 2 is 1.66 bits per heavy atom. The second kappa shape index (κ2) is 8.88. The molecule has 148 valence electrons. The van der Waals surface area contributed by atoms with Gasteiger partial charge in [0.1, 0.15) is 26.2 Å². The van der Waals surface area contributed by atoms with Gasteiger partial charge in [0, 0.05) is 17.3 Å². The van der Waals surface area contributed by atoms with Gasteiger partial charge in [-0.1, -0.05) is 54.6 Å².